The van der Waals surface area contributed by atoms with E-state index >= 15 is 0 Å². The summed E-state index contributed by atoms with van der Waals surface area (Å²) in [6.07, 6.45) is 5.51. The summed E-state index contributed by atoms with van der Waals surface area (Å²) in [6.45, 7) is 3.83. The summed E-state index contributed by atoms with van der Waals surface area (Å²) in [5.74, 6) is 2.33. The van der Waals surface area contributed by atoms with Crippen molar-refractivity contribution in [1.29, 1.82) is 0 Å². The summed E-state index contributed by atoms with van der Waals surface area (Å²) in [5, 5.41) is 6.02. The second-order valence-corrected chi connectivity index (χ2v) is 6.43. The van der Waals surface area contributed by atoms with Crippen LogP contribution in [0, 0.1) is 13.8 Å². The van der Waals surface area contributed by atoms with E-state index in [0.29, 0.717) is 0 Å². The monoisotopic (exact) mass is 359 g/mol. The van der Waals surface area contributed by atoms with E-state index in [4.69, 9.17) is 9.26 Å². The van der Waals surface area contributed by atoms with Crippen molar-refractivity contribution >= 4 is 21.9 Å². The van der Waals surface area contributed by atoms with Gasteiger partial charge < -0.3 is 18.8 Å². The van der Waals surface area contributed by atoms with Gasteiger partial charge in [0.2, 0.25) is 0 Å². The van der Waals surface area contributed by atoms with Gasteiger partial charge in [-0.15, -0.1) is 0 Å². The van der Waals surface area contributed by atoms with Crippen molar-refractivity contribution < 1.29 is 9.26 Å². The molecule has 7 heteroatoms. The molecule has 0 spiro atoms. The zero-order chi connectivity index (χ0) is 18.5. The first-order valence-electron chi connectivity index (χ1n) is 8.58. The maximum atomic E-state index is 5.71. The molecule has 0 radical (unpaired) electrons. The van der Waals surface area contributed by atoms with Crippen molar-refractivity contribution in [2.45, 2.75) is 13.8 Å². The van der Waals surface area contributed by atoms with E-state index in [2.05, 4.69) is 26.2 Å². The molecule has 0 unspecified atom stereocenters. The second kappa shape index (κ2) is 5.70. The number of hydrogen-bond acceptors (Lipinski definition) is 5. The fraction of sp³-hybridized carbons (Fsp3) is 0.150. The number of benzene rings is 1. The maximum absolute atomic E-state index is 5.71. The van der Waals surface area contributed by atoms with Gasteiger partial charge in [0.25, 0.3) is 0 Å². The number of hydrogen-bond donors (Lipinski definition) is 1. The summed E-state index contributed by atoms with van der Waals surface area (Å²) in [7, 11) is 1.67. The summed E-state index contributed by atoms with van der Waals surface area (Å²) in [5.41, 5.74) is 4.44. The molecule has 134 valence electrons. The van der Waals surface area contributed by atoms with Gasteiger partial charge in [0.05, 0.1) is 23.8 Å². The average Bonchev–Trinajstić information content (AvgIpc) is 3.39. The van der Waals surface area contributed by atoms with Gasteiger partial charge in [-0.25, -0.2) is 9.97 Å². The number of nitrogens with one attached hydrogen (secondary N) is 1. The van der Waals surface area contributed by atoms with E-state index < -0.39 is 0 Å². The Morgan fingerprint density at radius 2 is 1.93 bits per heavy atom. The minimum Gasteiger partial charge on any atom is -0.496 e. The highest BCUT2D eigenvalue weighted by atomic mass is 16.5. The fourth-order valence-corrected chi connectivity index (χ4v) is 3.64. The number of methoxy groups -OCH3 is 1. The molecule has 27 heavy (non-hydrogen) atoms. The summed E-state index contributed by atoms with van der Waals surface area (Å²) >= 11 is 0. The van der Waals surface area contributed by atoms with Crippen LogP contribution in [-0.4, -0.2) is 31.8 Å². The molecule has 7 nitrogen and oxygen atoms in total. The minimum absolute atomic E-state index is 0.750. The lowest BCUT2D eigenvalue weighted by atomic mass is 10.0. The SMILES string of the molecule is COc1cc2c(cc1-c1c(C)noc1C)[nH]c1ncnc(-n3cccc3)c12. The summed E-state index contributed by atoms with van der Waals surface area (Å²) < 4.78 is 13.0. The Kier molecular flexibility index (Phi) is 3.30. The standard InChI is InChI=1S/C20H17N5O2/c1-11-17(12(2)27-24-11)14-8-15-13(9-16(14)26-3)18-19(23-15)21-10-22-20(18)25-6-4-5-7-25/h4-10H,1-3H3,(H,21,22,23). The number of H-pyrrole nitrogens is 1. The summed E-state index contributed by atoms with van der Waals surface area (Å²) in [6, 6.07) is 8.02. The minimum atomic E-state index is 0.750. The molecule has 4 heterocycles. The van der Waals surface area contributed by atoms with Crippen LogP contribution in [0.25, 0.3) is 38.9 Å². The van der Waals surface area contributed by atoms with E-state index in [9.17, 15) is 0 Å². The van der Waals surface area contributed by atoms with Gasteiger partial charge in [0.15, 0.2) is 0 Å². The van der Waals surface area contributed by atoms with Crippen LogP contribution >= 0.6 is 0 Å². The Bertz CT molecular complexity index is 1260. The largest absolute Gasteiger partial charge is 0.496 e. The quantitative estimate of drug-likeness (QED) is 0.522. The van der Waals surface area contributed by atoms with Crippen molar-refractivity contribution in [3.8, 4) is 22.7 Å². The van der Waals surface area contributed by atoms with Crippen molar-refractivity contribution in [3.63, 3.8) is 0 Å². The molecule has 5 rings (SSSR count). The molecule has 0 saturated heterocycles. The van der Waals surface area contributed by atoms with Gasteiger partial charge in [0, 0.05) is 28.9 Å². The number of nitrogens with zero attached hydrogens (tertiary/aromatic N) is 4. The predicted octanol–water partition coefficient (Wildman–Crippen LogP) is 4.18. The van der Waals surface area contributed by atoms with Crippen LogP contribution in [0.2, 0.25) is 0 Å². The number of aromatic amines is 1. The lowest BCUT2D eigenvalue weighted by Crippen LogP contribution is -1.96. The second-order valence-electron chi connectivity index (χ2n) is 6.43. The van der Waals surface area contributed by atoms with E-state index in [0.717, 1.165) is 56.1 Å². The first-order chi connectivity index (χ1) is 13.2. The molecular formula is C20H17N5O2. The van der Waals surface area contributed by atoms with Gasteiger partial charge in [-0.3, -0.25) is 0 Å². The third kappa shape index (κ3) is 2.25. The van der Waals surface area contributed by atoms with Crippen molar-refractivity contribution in [1.82, 2.24) is 24.7 Å². The third-order valence-electron chi connectivity index (χ3n) is 4.84. The van der Waals surface area contributed by atoms with Crippen LogP contribution in [0.4, 0.5) is 0 Å². The fourth-order valence-electron chi connectivity index (χ4n) is 3.64. The molecule has 0 aliphatic heterocycles. The highest BCUT2D eigenvalue weighted by Gasteiger charge is 2.20. The normalized spacial score (nSPS) is 11.5. The number of aromatic nitrogens is 5. The van der Waals surface area contributed by atoms with Gasteiger partial charge in [-0.05, 0) is 38.1 Å². The predicted molar refractivity (Wildman–Crippen MR) is 102 cm³/mol. The molecule has 4 aromatic heterocycles. The lowest BCUT2D eigenvalue weighted by Gasteiger charge is -2.09. The van der Waals surface area contributed by atoms with Gasteiger partial charge in [-0.1, -0.05) is 5.16 Å². The highest BCUT2D eigenvalue weighted by Crippen LogP contribution is 2.40. The zero-order valence-corrected chi connectivity index (χ0v) is 15.1. The third-order valence-corrected chi connectivity index (χ3v) is 4.84. The molecular weight excluding hydrogens is 342 g/mol. The first-order valence-corrected chi connectivity index (χ1v) is 8.58. The van der Waals surface area contributed by atoms with E-state index in [1.807, 2.05) is 49.0 Å². The Morgan fingerprint density at radius 1 is 1.11 bits per heavy atom. The molecule has 1 N–H and O–H groups in total. The van der Waals surface area contributed by atoms with Crippen LogP contribution in [0.1, 0.15) is 11.5 Å². The molecule has 5 aromatic rings. The number of ether oxygens (including phenoxy) is 1. The highest BCUT2D eigenvalue weighted by molar-refractivity contribution is 6.11. The van der Waals surface area contributed by atoms with Crippen molar-refractivity contribution in [2.24, 2.45) is 0 Å². The van der Waals surface area contributed by atoms with Crippen LogP contribution in [-0.2, 0) is 0 Å². The van der Waals surface area contributed by atoms with E-state index in [1.54, 1.807) is 13.4 Å². The van der Waals surface area contributed by atoms with Crippen LogP contribution in [0.5, 0.6) is 5.75 Å². The van der Waals surface area contributed by atoms with Gasteiger partial charge in [0.1, 0.15) is 29.3 Å². The molecule has 1 aromatic carbocycles. The molecule has 0 aliphatic carbocycles. The lowest BCUT2D eigenvalue weighted by molar-refractivity contribution is 0.393. The van der Waals surface area contributed by atoms with Gasteiger partial charge >= 0.3 is 0 Å². The topological polar surface area (TPSA) is 81.8 Å². The molecule has 0 saturated carbocycles. The van der Waals surface area contributed by atoms with E-state index in [1.165, 1.54) is 0 Å². The number of rotatable bonds is 3. The molecule has 0 amide bonds. The summed E-state index contributed by atoms with van der Waals surface area (Å²) in [4.78, 5) is 12.3. The Morgan fingerprint density at radius 3 is 2.63 bits per heavy atom. The zero-order valence-electron chi connectivity index (χ0n) is 15.1. The first kappa shape index (κ1) is 15.6. The Labute approximate surface area is 154 Å². The van der Waals surface area contributed by atoms with Gasteiger partial charge in [-0.2, -0.15) is 0 Å². The Hall–Kier alpha value is -3.61. The average molecular weight is 359 g/mol. The van der Waals surface area contributed by atoms with Crippen LogP contribution in [0.3, 0.4) is 0 Å². The molecule has 0 fully saturated rings. The number of aryl methyl sites for hydroxylation is 2. The van der Waals surface area contributed by atoms with Crippen LogP contribution < -0.4 is 4.74 Å². The molecule has 0 aliphatic rings. The maximum Gasteiger partial charge on any atom is 0.150 e. The molecule has 0 bridgehead atoms. The van der Waals surface area contributed by atoms with Crippen LogP contribution in [0.15, 0.2) is 47.5 Å². The van der Waals surface area contributed by atoms with E-state index in [-0.39, 0.29) is 0 Å². The Balaban J connectivity index is 1.86. The molecule has 0 atom stereocenters. The number of fused-ring (bicyclic) bond motifs is 3. The van der Waals surface area contributed by atoms with Crippen molar-refractivity contribution in [3.05, 3.63) is 54.4 Å². The van der Waals surface area contributed by atoms with Crippen molar-refractivity contribution in [2.75, 3.05) is 7.11 Å². The smallest absolute Gasteiger partial charge is 0.150 e.